The number of morpholine rings is 1. The first-order valence-corrected chi connectivity index (χ1v) is 11.9. The minimum Gasteiger partial charge on any atom is -0.374 e. The fourth-order valence-electron chi connectivity index (χ4n) is 5.46. The van der Waals surface area contributed by atoms with Crippen LogP contribution in [0.15, 0.2) is 36.9 Å². The lowest BCUT2D eigenvalue weighted by Gasteiger charge is -2.32. The van der Waals surface area contributed by atoms with Crippen molar-refractivity contribution in [2.75, 3.05) is 18.5 Å². The van der Waals surface area contributed by atoms with Gasteiger partial charge in [0.2, 0.25) is 5.91 Å². The summed E-state index contributed by atoms with van der Waals surface area (Å²) in [7, 11) is 0. The number of likely N-dealkylation sites (tertiary alicyclic amines) is 1. The standard InChI is InChI=1S/C23H22N6O2S/c30-23(28-10-17-9-16(28)11-31-17)13-1-2-18-19(7-13)32-22-20(18)21(24-12-25-22)27-14-4-6-29-15(8-14)3-5-26-29/h3-6,8,12-13,16-17H,1-2,7,9-11H2,(H,24,25,27)/t13-,16?,17?/m0/s1. The highest BCUT2D eigenvalue weighted by molar-refractivity contribution is 7.19. The molecule has 7 rings (SSSR count). The van der Waals surface area contributed by atoms with Gasteiger partial charge in [-0.3, -0.25) is 4.79 Å². The number of aryl methyl sites for hydroxylation is 1. The van der Waals surface area contributed by atoms with Crippen molar-refractivity contribution in [1.29, 1.82) is 0 Å². The van der Waals surface area contributed by atoms with E-state index in [-0.39, 0.29) is 18.1 Å². The Kier molecular flexibility index (Phi) is 4.04. The number of aromatic nitrogens is 4. The molecule has 32 heavy (non-hydrogen) atoms. The van der Waals surface area contributed by atoms with Crippen molar-refractivity contribution in [3.8, 4) is 0 Å². The van der Waals surface area contributed by atoms with Crippen LogP contribution in [0, 0.1) is 5.92 Å². The summed E-state index contributed by atoms with van der Waals surface area (Å²) in [5, 5.41) is 8.84. The van der Waals surface area contributed by atoms with Gasteiger partial charge in [-0.2, -0.15) is 5.10 Å². The molecular weight excluding hydrogens is 424 g/mol. The van der Waals surface area contributed by atoms with Gasteiger partial charge in [-0.15, -0.1) is 11.3 Å². The van der Waals surface area contributed by atoms with Gasteiger partial charge < -0.3 is 15.0 Å². The molecule has 2 aliphatic heterocycles. The molecule has 2 unspecified atom stereocenters. The quantitative estimate of drug-likeness (QED) is 0.520. The average molecular weight is 447 g/mol. The molecule has 2 saturated heterocycles. The second-order valence-electron chi connectivity index (χ2n) is 8.92. The zero-order valence-electron chi connectivity index (χ0n) is 17.4. The van der Waals surface area contributed by atoms with Crippen LogP contribution in [-0.4, -0.2) is 55.7 Å². The highest BCUT2D eigenvalue weighted by atomic mass is 32.1. The number of rotatable bonds is 3. The summed E-state index contributed by atoms with van der Waals surface area (Å²) in [5.74, 6) is 1.20. The van der Waals surface area contributed by atoms with Crippen molar-refractivity contribution in [3.05, 3.63) is 47.4 Å². The summed E-state index contributed by atoms with van der Waals surface area (Å²) in [6.45, 7) is 1.47. The van der Waals surface area contributed by atoms with Gasteiger partial charge in [0.05, 0.1) is 29.7 Å². The summed E-state index contributed by atoms with van der Waals surface area (Å²) in [5.41, 5.74) is 3.29. The van der Waals surface area contributed by atoms with E-state index >= 15 is 0 Å². The van der Waals surface area contributed by atoms with Gasteiger partial charge in [-0.05, 0) is 49.4 Å². The SMILES string of the molecule is O=C([C@H]1CCc2c(sc3ncnc(Nc4ccn5nccc5c4)c23)C1)N1CC2CC1CO2. The zero-order valence-corrected chi connectivity index (χ0v) is 18.2. The topological polar surface area (TPSA) is 84.7 Å². The molecule has 8 nitrogen and oxygen atoms in total. The molecule has 0 aromatic carbocycles. The molecule has 0 spiro atoms. The minimum absolute atomic E-state index is 0.0588. The number of hydrogen-bond donors (Lipinski definition) is 1. The lowest BCUT2D eigenvalue weighted by atomic mass is 9.86. The summed E-state index contributed by atoms with van der Waals surface area (Å²) in [6.07, 6.45) is 9.15. The molecule has 3 atom stereocenters. The largest absolute Gasteiger partial charge is 0.374 e. The zero-order chi connectivity index (χ0) is 21.2. The van der Waals surface area contributed by atoms with E-state index in [1.165, 1.54) is 10.4 Å². The number of nitrogens with zero attached hydrogens (tertiary/aromatic N) is 5. The van der Waals surface area contributed by atoms with E-state index in [4.69, 9.17) is 4.74 Å². The summed E-state index contributed by atoms with van der Waals surface area (Å²) in [6, 6.07) is 6.31. The maximum absolute atomic E-state index is 13.2. The van der Waals surface area contributed by atoms with Crippen LogP contribution < -0.4 is 5.32 Å². The smallest absolute Gasteiger partial charge is 0.226 e. The van der Waals surface area contributed by atoms with Crippen LogP contribution in [0.2, 0.25) is 0 Å². The lowest BCUT2D eigenvalue weighted by molar-refractivity contribution is -0.140. The summed E-state index contributed by atoms with van der Waals surface area (Å²) >= 11 is 1.71. The summed E-state index contributed by atoms with van der Waals surface area (Å²) in [4.78, 5) is 26.7. The van der Waals surface area contributed by atoms with E-state index in [0.29, 0.717) is 12.5 Å². The Morgan fingerprint density at radius 3 is 3.12 bits per heavy atom. The van der Waals surface area contributed by atoms with Crippen molar-refractivity contribution in [2.24, 2.45) is 5.92 Å². The third kappa shape index (κ3) is 2.84. The van der Waals surface area contributed by atoms with E-state index in [2.05, 4.69) is 31.3 Å². The number of nitrogens with one attached hydrogen (secondary N) is 1. The number of carbonyl (C=O) groups excluding carboxylic acids is 1. The molecule has 1 aliphatic carbocycles. The molecule has 2 fully saturated rings. The van der Waals surface area contributed by atoms with Crippen molar-refractivity contribution >= 4 is 44.5 Å². The molecule has 2 bridgehead atoms. The van der Waals surface area contributed by atoms with E-state index < -0.39 is 0 Å². The van der Waals surface area contributed by atoms with E-state index in [0.717, 1.165) is 59.5 Å². The van der Waals surface area contributed by atoms with Crippen molar-refractivity contribution in [1.82, 2.24) is 24.5 Å². The molecule has 4 aromatic heterocycles. The van der Waals surface area contributed by atoms with Gasteiger partial charge in [-0.1, -0.05) is 0 Å². The minimum atomic E-state index is 0.0588. The predicted molar refractivity (Wildman–Crippen MR) is 121 cm³/mol. The Bertz CT molecular complexity index is 1360. The molecule has 1 N–H and O–H groups in total. The second-order valence-corrected chi connectivity index (χ2v) is 10.0. The van der Waals surface area contributed by atoms with E-state index in [1.54, 1.807) is 23.9 Å². The Morgan fingerprint density at radius 2 is 2.25 bits per heavy atom. The molecule has 6 heterocycles. The lowest BCUT2D eigenvalue weighted by Crippen LogP contribution is -2.45. The van der Waals surface area contributed by atoms with Gasteiger partial charge in [0.25, 0.3) is 0 Å². The fraction of sp³-hybridized carbons (Fsp3) is 0.391. The maximum Gasteiger partial charge on any atom is 0.226 e. The Morgan fingerprint density at radius 1 is 1.28 bits per heavy atom. The van der Waals surface area contributed by atoms with Crippen molar-refractivity contribution in [2.45, 2.75) is 37.8 Å². The van der Waals surface area contributed by atoms with Gasteiger partial charge in [0.15, 0.2) is 0 Å². The van der Waals surface area contributed by atoms with Crippen LogP contribution in [0.3, 0.4) is 0 Å². The van der Waals surface area contributed by atoms with Crippen LogP contribution in [-0.2, 0) is 22.4 Å². The van der Waals surface area contributed by atoms with Gasteiger partial charge in [0, 0.05) is 35.4 Å². The van der Waals surface area contributed by atoms with Gasteiger partial charge >= 0.3 is 0 Å². The molecule has 3 aliphatic rings. The number of amides is 1. The number of pyridine rings is 1. The number of carbonyl (C=O) groups is 1. The van der Waals surface area contributed by atoms with Gasteiger partial charge in [-0.25, -0.2) is 14.5 Å². The monoisotopic (exact) mass is 446 g/mol. The Labute approximate surface area is 188 Å². The molecule has 0 saturated carbocycles. The van der Waals surface area contributed by atoms with Crippen LogP contribution in [0.4, 0.5) is 11.5 Å². The molecule has 162 valence electrons. The van der Waals surface area contributed by atoms with Crippen LogP contribution in [0.5, 0.6) is 0 Å². The maximum atomic E-state index is 13.2. The van der Waals surface area contributed by atoms with Crippen molar-refractivity contribution < 1.29 is 9.53 Å². The molecule has 9 heteroatoms. The van der Waals surface area contributed by atoms with Crippen LogP contribution >= 0.6 is 11.3 Å². The van der Waals surface area contributed by atoms with Crippen LogP contribution in [0.1, 0.15) is 23.3 Å². The highest BCUT2D eigenvalue weighted by Gasteiger charge is 2.43. The highest BCUT2D eigenvalue weighted by Crippen LogP contribution is 2.41. The number of fused-ring (bicyclic) bond motifs is 6. The Hall–Kier alpha value is -3.04. The molecular formula is C23H22N6O2S. The fourth-order valence-corrected chi connectivity index (χ4v) is 6.72. The number of anilines is 2. The van der Waals surface area contributed by atoms with E-state index in [9.17, 15) is 4.79 Å². The second kappa shape index (κ2) is 6.98. The predicted octanol–water partition coefficient (Wildman–Crippen LogP) is 3.19. The van der Waals surface area contributed by atoms with Gasteiger partial charge in [0.1, 0.15) is 17.0 Å². The Balaban J connectivity index is 1.18. The third-order valence-corrected chi connectivity index (χ3v) is 8.20. The molecule has 0 radical (unpaired) electrons. The van der Waals surface area contributed by atoms with Crippen molar-refractivity contribution in [3.63, 3.8) is 0 Å². The van der Waals surface area contributed by atoms with E-state index in [1.807, 2.05) is 22.8 Å². The number of ether oxygens (including phenoxy) is 1. The normalized spacial score (nSPS) is 24.4. The summed E-state index contributed by atoms with van der Waals surface area (Å²) < 4.78 is 7.51. The first-order valence-electron chi connectivity index (χ1n) is 11.1. The first kappa shape index (κ1) is 18.5. The van der Waals surface area contributed by atoms with Crippen LogP contribution in [0.25, 0.3) is 15.7 Å². The molecule has 4 aromatic rings. The third-order valence-electron chi connectivity index (χ3n) is 7.04. The number of hydrogen-bond acceptors (Lipinski definition) is 7. The average Bonchev–Trinajstić information content (AvgIpc) is 3.60. The molecule has 1 amide bonds. The number of thiophene rings is 1. The first-order chi connectivity index (χ1) is 15.7.